The van der Waals surface area contributed by atoms with Crippen LogP contribution in [0.5, 0.6) is 0 Å². The van der Waals surface area contributed by atoms with Gasteiger partial charge in [-0.2, -0.15) is 0 Å². The molecule has 0 unspecified atom stereocenters. The lowest BCUT2D eigenvalue weighted by Gasteiger charge is -2.14. The first-order valence-electron chi connectivity index (χ1n) is 9.75. The number of benzene rings is 1. The summed E-state index contributed by atoms with van der Waals surface area (Å²) in [6.45, 7) is 2.93. The van der Waals surface area contributed by atoms with Gasteiger partial charge in [0.25, 0.3) is 5.56 Å². The smallest absolute Gasteiger partial charge is 0.286 e. The Kier molecular flexibility index (Phi) is 4.12. The molecular formula is C20H21BrN6O. The molecule has 144 valence electrons. The summed E-state index contributed by atoms with van der Waals surface area (Å²) in [4.78, 5) is 20.9. The molecule has 1 aliphatic rings. The fourth-order valence-corrected chi connectivity index (χ4v) is 4.45. The zero-order valence-electron chi connectivity index (χ0n) is 15.7. The number of nitrogens with one attached hydrogen (secondary N) is 1. The summed E-state index contributed by atoms with van der Waals surface area (Å²) in [5.74, 6) is 1.31. The number of nitrogens with zero attached hydrogens (tertiary/aromatic N) is 5. The highest BCUT2D eigenvalue weighted by atomic mass is 79.9. The highest BCUT2D eigenvalue weighted by Crippen LogP contribution is 2.52. The summed E-state index contributed by atoms with van der Waals surface area (Å²) in [6.07, 6.45) is 5.18. The van der Waals surface area contributed by atoms with Crippen molar-refractivity contribution < 1.29 is 0 Å². The average molecular weight is 441 g/mol. The van der Waals surface area contributed by atoms with Crippen molar-refractivity contribution in [3.63, 3.8) is 0 Å². The van der Waals surface area contributed by atoms with Crippen molar-refractivity contribution in [2.75, 3.05) is 0 Å². The number of rotatable bonds is 6. The Morgan fingerprint density at radius 1 is 1.18 bits per heavy atom. The molecule has 0 radical (unpaired) electrons. The number of aromatic nitrogens is 6. The van der Waals surface area contributed by atoms with E-state index in [1.807, 2.05) is 22.8 Å². The van der Waals surface area contributed by atoms with Crippen LogP contribution in [0.25, 0.3) is 16.9 Å². The quantitative estimate of drug-likeness (QED) is 0.365. The van der Waals surface area contributed by atoms with Gasteiger partial charge in [0.05, 0.1) is 5.41 Å². The number of aromatic amines is 1. The third-order valence-electron chi connectivity index (χ3n) is 5.71. The van der Waals surface area contributed by atoms with E-state index in [1.54, 1.807) is 4.40 Å². The molecule has 5 rings (SSSR count). The Bertz CT molecular complexity index is 1220. The van der Waals surface area contributed by atoms with Crippen LogP contribution in [0.4, 0.5) is 0 Å². The van der Waals surface area contributed by atoms with E-state index in [-0.39, 0.29) is 11.0 Å². The first-order valence-corrected chi connectivity index (χ1v) is 10.5. The fourth-order valence-electron chi connectivity index (χ4n) is 4.08. The number of unbranched alkanes of at least 4 members (excludes halogenated alkanes) is 2. The van der Waals surface area contributed by atoms with Gasteiger partial charge in [-0.25, -0.2) is 9.38 Å². The van der Waals surface area contributed by atoms with E-state index < -0.39 is 0 Å². The van der Waals surface area contributed by atoms with Crippen LogP contribution in [0.1, 0.15) is 50.4 Å². The van der Waals surface area contributed by atoms with Crippen molar-refractivity contribution in [1.82, 2.24) is 29.1 Å². The van der Waals surface area contributed by atoms with E-state index in [1.165, 1.54) is 5.56 Å². The number of hydrogen-bond donors (Lipinski definition) is 1. The minimum Gasteiger partial charge on any atom is -0.327 e. The lowest BCUT2D eigenvalue weighted by Crippen LogP contribution is -2.24. The number of imidazole rings is 1. The lowest BCUT2D eigenvalue weighted by atomic mass is 9.95. The SMILES string of the molecule is CCCCCn1c2nc(Br)[nH]c2c(=O)n2c(C3(c4ccccc4)CC3)nnc12. The van der Waals surface area contributed by atoms with Crippen molar-refractivity contribution in [2.45, 2.75) is 51.0 Å². The maximum atomic E-state index is 13.3. The predicted octanol–water partition coefficient (Wildman–Crippen LogP) is 3.80. The van der Waals surface area contributed by atoms with Crippen molar-refractivity contribution in [3.8, 4) is 0 Å². The second-order valence-corrected chi connectivity index (χ2v) is 8.25. The maximum Gasteiger partial charge on any atom is 0.286 e. The van der Waals surface area contributed by atoms with Crippen molar-refractivity contribution in [3.05, 3.63) is 56.8 Å². The summed E-state index contributed by atoms with van der Waals surface area (Å²) in [5.41, 5.74) is 1.93. The van der Waals surface area contributed by atoms with Crippen molar-refractivity contribution >= 4 is 32.9 Å². The molecule has 1 N–H and O–H groups in total. The Balaban J connectivity index is 1.77. The van der Waals surface area contributed by atoms with Gasteiger partial charge >= 0.3 is 0 Å². The van der Waals surface area contributed by atoms with Crippen LogP contribution < -0.4 is 5.56 Å². The van der Waals surface area contributed by atoms with Crippen molar-refractivity contribution in [2.24, 2.45) is 0 Å². The Hall–Kier alpha value is -2.48. The standard InChI is InChI=1S/C20H21BrN6O/c1-2-3-7-12-26-15-14(22-18(21)23-15)16(28)27-17(24-25-19(26)27)20(10-11-20)13-8-5-4-6-9-13/h4-6,8-9H,2-3,7,10-12H2,1H3,(H,22,23). The predicted molar refractivity (Wildman–Crippen MR) is 111 cm³/mol. The van der Waals surface area contributed by atoms with Gasteiger partial charge in [0.2, 0.25) is 5.78 Å². The molecule has 0 spiro atoms. The molecule has 1 aliphatic carbocycles. The van der Waals surface area contributed by atoms with Crippen molar-refractivity contribution in [1.29, 1.82) is 0 Å². The van der Waals surface area contributed by atoms with E-state index in [2.05, 4.69) is 55.2 Å². The average Bonchev–Trinajstić information content (AvgIpc) is 3.23. The van der Waals surface area contributed by atoms with E-state index >= 15 is 0 Å². The molecule has 0 bridgehead atoms. The number of hydrogen-bond acceptors (Lipinski definition) is 4. The molecule has 1 aromatic carbocycles. The largest absolute Gasteiger partial charge is 0.327 e. The molecule has 3 heterocycles. The van der Waals surface area contributed by atoms with Gasteiger partial charge in [0, 0.05) is 6.54 Å². The second-order valence-electron chi connectivity index (χ2n) is 7.50. The third kappa shape index (κ3) is 2.54. The van der Waals surface area contributed by atoms with Gasteiger partial charge in [-0.1, -0.05) is 50.1 Å². The molecule has 4 aromatic rings. The zero-order chi connectivity index (χ0) is 19.3. The van der Waals surface area contributed by atoms with Crippen LogP contribution in [-0.4, -0.2) is 29.1 Å². The monoisotopic (exact) mass is 440 g/mol. The van der Waals surface area contributed by atoms with Crippen LogP contribution in [0.3, 0.4) is 0 Å². The van der Waals surface area contributed by atoms with Gasteiger partial charge in [-0.15, -0.1) is 10.2 Å². The van der Waals surface area contributed by atoms with Crippen LogP contribution >= 0.6 is 15.9 Å². The molecule has 8 heteroatoms. The summed E-state index contributed by atoms with van der Waals surface area (Å²) in [7, 11) is 0. The first kappa shape index (κ1) is 17.6. The maximum absolute atomic E-state index is 13.3. The van der Waals surface area contributed by atoms with E-state index in [4.69, 9.17) is 0 Å². The molecule has 1 fully saturated rings. The number of H-pyrrole nitrogens is 1. The summed E-state index contributed by atoms with van der Waals surface area (Å²) < 4.78 is 4.26. The molecule has 0 aliphatic heterocycles. The van der Waals surface area contributed by atoms with E-state index in [0.29, 0.717) is 21.7 Å². The molecular weight excluding hydrogens is 420 g/mol. The molecule has 0 amide bonds. The fraction of sp³-hybridized carbons (Fsp3) is 0.400. The topological polar surface area (TPSA) is 80.9 Å². The molecule has 7 nitrogen and oxygen atoms in total. The zero-order valence-corrected chi connectivity index (χ0v) is 17.2. The minimum atomic E-state index is -0.230. The van der Waals surface area contributed by atoms with Crippen LogP contribution in [-0.2, 0) is 12.0 Å². The lowest BCUT2D eigenvalue weighted by molar-refractivity contribution is 0.611. The van der Waals surface area contributed by atoms with Gasteiger partial charge in [-0.05, 0) is 40.8 Å². The Labute approximate surface area is 169 Å². The number of fused-ring (bicyclic) bond motifs is 2. The summed E-state index contributed by atoms with van der Waals surface area (Å²) in [6, 6.07) is 10.3. The van der Waals surface area contributed by atoms with Gasteiger partial charge in [0.15, 0.2) is 21.7 Å². The number of halogens is 1. The molecule has 3 aromatic heterocycles. The van der Waals surface area contributed by atoms with Crippen LogP contribution in [0.2, 0.25) is 0 Å². The van der Waals surface area contributed by atoms with Crippen LogP contribution in [0, 0.1) is 0 Å². The van der Waals surface area contributed by atoms with Gasteiger partial charge in [-0.3, -0.25) is 9.36 Å². The third-order valence-corrected chi connectivity index (χ3v) is 6.08. The van der Waals surface area contributed by atoms with Crippen LogP contribution in [0.15, 0.2) is 39.9 Å². The highest BCUT2D eigenvalue weighted by Gasteiger charge is 2.50. The minimum absolute atomic E-state index is 0.142. The molecule has 0 saturated heterocycles. The molecule has 0 atom stereocenters. The number of aryl methyl sites for hydroxylation is 1. The Morgan fingerprint density at radius 2 is 1.96 bits per heavy atom. The summed E-state index contributed by atoms with van der Waals surface area (Å²) >= 11 is 3.38. The van der Waals surface area contributed by atoms with Gasteiger partial charge in [0.1, 0.15) is 0 Å². The van der Waals surface area contributed by atoms with E-state index in [0.717, 1.165) is 44.5 Å². The molecule has 28 heavy (non-hydrogen) atoms. The highest BCUT2D eigenvalue weighted by molar-refractivity contribution is 9.10. The first-order chi connectivity index (χ1) is 13.7. The Morgan fingerprint density at radius 3 is 2.68 bits per heavy atom. The normalized spacial score (nSPS) is 15.5. The summed E-state index contributed by atoms with van der Waals surface area (Å²) in [5, 5.41) is 8.98. The molecule has 1 saturated carbocycles. The second kappa shape index (κ2) is 6.55. The van der Waals surface area contributed by atoms with Gasteiger partial charge < -0.3 is 4.98 Å². The van der Waals surface area contributed by atoms with E-state index in [9.17, 15) is 4.79 Å².